The van der Waals surface area contributed by atoms with Crippen LogP contribution in [0.4, 0.5) is 4.79 Å². The Labute approximate surface area is 50.0 Å². The zero-order valence-electron chi connectivity index (χ0n) is 4.37. The van der Waals surface area contributed by atoms with Crippen LogP contribution >= 0.6 is 0 Å². The van der Waals surface area contributed by atoms with Gasteiger partial charge in [-0.1, -0.05) is 5.21 Å². The number of hydrogen-bond donors (Lipinski definition) is 2. The standard InChI is InChI=1S/C3H4N4O2/c4-3(8)9-2-1-5-7-6-2/h1H,(H2,4,8)(H,5,6,7). The number of carbonyl (C=O) groups excluding carboxylic acids is 1. The molecular formula is C3H4N4O2. The Kier molecular flexibility index (Phi) is 1.31. The van der Waals surface area contributed by atoms with Gasteiger partial charge in [-0.3, -0.25) is 0 Å². The van der Waals surface area contributed by atoms with Crippen LogP contribution in [0.3, 0.4) is 0 Å². The molecule has 6 nitrogen and oxygen atoms in total. The number of ether oxygens (including phenoxy) is 1. The lowest BCUT2D eigenvalue weighted by molar-refractivity contribution is 0.209. The van der Waals surface area contributed by atoms with Gasteiger partial charge in [0, 0.05) is 0 Å². The normalized spacial score (nSPS) is 8.89. The molecule has 3 N–H and O–H groups in total. The molecule has 0 radical (unpaired) electrons. The molecule has 6 heteroatoms. The van der Waals surface area contributed by atoms with Crippen LogP contribution in [-0.4, -0.2) is 21.5 Å². The van der Waals surface area contributed by atoms with Crippen molar-refractivity contribution in [2.75, 3.05) is 0 Å². The summed E-state index contributed by atoms with van der Waals surface area (Å²) in [5.41, 5.74) is 4.65. The molecule has 1 heterocycles. The highest BCUT2D eigenvalue weighted by Gasteiger charge is 1.97. The SMILES string of the molecule is NC(=O)Oc1cnn[nH]1. The molecule has 0 bridgehead atoms. The van der Waals surface area contributed by atoms with Crippen molar-refractivity contribution in [3.8, 4) is 5.88 Å². The second-order valence-corrected chi connectivity index (χ2v) is 1.24. The van der Waals surface area contributed by atoms with E-state index in [2.05, 4.69) is 25.9 Å². The Morgan fingerprint density at radius 1 is 1.89 bits per heavy atom. The second-order valence-electron chi connectivity index (χ2n) is 1.24. The van der Waals surface area contributed by atoms with Crippen LogP contribution in [0.5, 0.6) is 5.88 Å². The van der Waals surface area contributed by atoms with E-state index in [1.165, 1.54) is 6.20 Å². The number of nitrogens with zero attached hydrogens (tertiary/aromatic N) is 2. The number of aromatic amines is 1. The van der Waals surface area contributed by atoms with E-state index in [4.69, 9.17) is 0 Å². The lowest BCUT2D eigenvalue weighted by Crippen LogP contribution is -2.16. The number of amides is 1. The topological polar surface area (TPSA) is 93.9 Å². The molecule has 0 saturated heterocycles. The van der Waals surface area contributed by atoms with Crippen LogP contribution in [0.2, 0.25) is 0 Å². The second kappa shape index (κ2) is 2.12. The fourth-order valence-corrected chi connectivity index (χ4v) is 0.346. The van der Waals surface area contributed by atoms with Crippen LogP contribution < -0.4 is 10.5 Å². The van der Waals surface area contributed by atoms with Crippen molar-refractivity contribution in [2.45, 2.75) is 0 Å². The third kappa shape index (κ3) is 1.41. The zero-order valence-corrected chi connectivity index (χ0v) is 4.37. The molecule has 0 aliphatic rings. The first-order valence-electron chi connectivity index (χ1n) is 2.12. The molecule has 0 atom stereocenters. The van der Waals surface area contributed by atoms with E-state index in [1.807, 2.05) is 0 Å². The first-order valence-corrected chi connectivity index (χ1v) is 2.12. The van der Waals surface area contributed by atoms with E-state index in [1.54, 1.807) is 0 Å². The molecule has 0 aliphatic carbocycles. The molecule has 0 fully saturated rings. The highest BCUT2D eigenvalue weighted by molar-refractivity contribution is 5.67. The first-order chi connectivity index (χ1) is 4.29. The van der Waals surface area contributed by atoms with Gasteiger partial charge >= 0.3 is 6.09 Å². The van der Waals surface area contributed by atoms with Crippen LogP contribution in [0.15, 0.2) is 6.20 Å². The third-order valence-electron chi connectivity index (χ3n) is 0.603. The molecule has 0 aliphatic heterocycles. The van der Waals surface area contributed by atoms with Crippen molar-refractivity contribution in [3.05, 3.63) is 6.20 Å². The van der Waals surface area contributed by atoms with Gasteiger partial charge < -0.3 is 10.5 Å². The zero-order chi connectivity index (χ0) is 6.69. The van der Waals surface area contributed by atoms with Crippen molar-refractivity contribution >= 4 is 6.09 Å². The number of primary amides is 1. The molecule has 0 spiro atoms. The predicted octanol–water partition coefficient (Wildman–Crippen LogP) is -0.738. The van der Waals surface area contributed by atoms with Crippen LogP contribution in [-0.2, 0) is 0 Å². The van der Waals surface area contributed by atoms with Crippen molar-refractivity contribution in [1.82, 2.24) is 15.4 Å². The monoisotopic (exact) mass is 128 g/mol. The molecule has 0 saturated carbocycles. The number of nitrogens with two attached hydrogens (primary N) is 1. The predicted molar refractivity (Wildman–Crippen MR) is 26.6 cm³/mol. The maximum Gasteiger partial charge on any atom is 0.411 e. The minimum absolute atomic E-state index is 0.141. The fraction of sp³-hybridized carbons (Fsp3) is 0. The van der Waals surface area contributed by atoms with Gasteiger partial charge in [0.05, 0.1) is 0 Å². The third-order valence-corrected chi connectivity index (χ3v) is 0.603. The average Bonchev–Trinajstić information content (AvgIpc) is 2.15. The highest BCUT2D eigenvalue weighted by atomic mass is 16.6. The number of hydrogen-bond acceptors (Lipinski definition) is 4. The van der Waals surface area contributed by atoms with Gasteiger partial charge in [0.1, 0.15) is 6.20 Å². The van der Waals surface area contributed by atoms with Gasteiger partial charge in [-0.15, -0.1) is 5.10 Å². The minimum Gasteiger partial charge on any atom is -0.390 e. The summed E-state index contributed by atoms with van der Waals surface area (Å²) in [6, 6.07) is 0. The summed E-state index contributed by atoms with van der Waals surface area (Å²) in [5.74, 6) is 0.141. The lowest BCUT2D eigenvalue weighted by Gasteiger charge is -1.90. The molecule has 1 amide bonds. The molecule has 0 unspecified atom stereocenters. The minimum atomic E-state index is -0.888. The lowest BCUT2D eigenvalue weighted by atomic mass is 10.8. The van der Waals surface area contributed by atoms with E-state index in [0.29, 0.717) is 0 Å². The number of H-pyrrole nitrogens is 1. The fourth-order valence-electron chi connectivity index (χ4n) is 0.346. The highest BCUT2D eigenvalue weighted by Crippen LogP contribution is 1.97. The Balaban J connectivity index is 2.58. The largest absolute Gasteiger partial charge is 0.411 e. The van der Waals surface area contributed by atoms with E-state index >= 15 is 0 Å². The number of rotatable bonds is 1. The molecule has 1 rings (SSSR count). The summed E-state index contributed by atoms with van der Waals surface area (Å²) in [6.45, 7) is 0. The van der Waals surface area contributed by atoms with Gasteiger partial charge in [-0.25, -0.2) is 9.89 Å². The Morgan fingerprint density at radius 2 is 2.67 bits per heavy atom. The Hall–Kier alpha value is -1.59. The van der Waals surface area contributed by atoms with E-state index in [9.17, 15) is 4.79 Å². The van der Waals surface area contributed by atoms with E-state index in [-0.39, 0.29) is 5.88 Å². The molecule has 9 heavy (non-hydrogen) atoms. The summed E-state index contributed by atoms with van der Waals surface area (Å²) in [4.78, 5) is 9.99. The summed E-state index contributed by atoms with van der Waals surface area (Å²) >= 11 is 0. The number of carbonyl (C=O) groups is 1. The van der Waals surface area contributed by atoms with Crippen LogP contribution in [0.25, 0.3) is 0 Å². The number of aromatic nitrogens is 3. The van der Waals surface area contributed by atoms with Crippen molar-refractivity contribution in [3.63, 3.8) is 0 Å². The summed E-state index contributed by atoms with van der Waals surface area (Å²) in [7, 11) is 0. The maximum atomic E-state index is 9.99. The van der Waals surface area contributed by atoms with Gasteiger partial charge in [-0.2, -0.15) is 0 Å². The van der Waals surface area contributed by atoms with E-state index < -0.39 is 6.09 Å². The summed E-state index contributed by atoms with van der Waals surface area (Å²) < 4.78 is 4.31. The summed E-state index contributed by atoms with van der Waals surface area (Å²) in [6.07, 6.45) is 0.353. The molecule has 1 aromatic heterocycles. The molecule has 48 valence electrons. The maximum absolute atomic E-state index is 9.99. The molecule has 1 aromatic rings. The molecule has 0 aromatic carbocycles. The Morgan fingerprint density at radius 3 is 3.11 bits per heavy atom. The van der Waals surface area contributed by atoms with Gasteiger partial charge in [0.2, 0.25) is 5.88 Å². The van der Waals surface area contributed by atoms with E-state index in [0.717, 1.165) is 0 Å². The first kappa shape index (κ1) is 5.54. The van der Waals surface area contributed by atoms with Gasteiger partial charge in [0.15, 0.2) is 0 Å². The molecular weight excluding hydrogens is 124 g/mol. The number of nitrogens with one attached hydrogen (secondary N) is 1. The van der Waals surface area contributed by atoms with Crippen LogP contribution in [0, 0.1) is 0 Å². The quantitative estimate of drug-likeness (QED) is 0.520. The summed E-state index contributed by atoms with van der Waals surface area (Å²) in [5, 5.41) is 8.89. The van der Waals surface area contributed by atoms with Gasteiger partial charge in [-0.05, 0) is 0 Å². The Bertz CT molecular complexity index is 194. The van der Waals surface area contributed by atoms with Crippen molar-refractivity contribution < 1.29 is 9.53 Å². The van der Waals surface area contributed by atoms with Crippen molar-refractivity contribution in [1.29, 1.82) is 0 Å². The van der Waals surface area contributed by atoms with Crippen molar-refractivity contribution in [2.24, 2.45) is 5.73 Å². The van der Waals surface area contributed by atoms with Gasteiger partial charge in [0.25, 0.3) is 0 Å². The smallest absolute Gasteiger partial charge is 0.390 e. The van der Waals surface area contributed by atoms with Crippen LogP contribution in [0.1, 0.15) is 0 Å². The average molecular weight is 128 g/mol.